The summed E-state index contributed by atoms with van der Waals surface area (Å²) in [5.41, 5.74) is 1.82. The summed E-state index contributed by atoms with van der Waals surface area (Å²) in [4.78, 5) is 0. The van der Waals surface area contributed by atoms with Crippen LogP contribution in [-0.2, 0) is 13.2 Å². The Bertz CT molecular complexity index is 604. The van der Waals surface area contributed by atoms with Crippen molar-refractivity contribution in [2.45, 2.75) is 13.2 Å². The van der Waals surface area contributed by atoms with Crippen LogP contribution in [0.5, 0.6) is 5.75 Å². The van der Waals surface area contributed by atoms with E-state index >= 15 is 0 Å². The molecule has 0 bridgehead atoms. The van der Waals surface area contributed by atoms with Crippen LogP contribution in [-0.4, -0.2) is 7.05 Å². The topological polar surface area (TPSA) is 21.3 Å². The lowest BCUT2D eigenvalue weighted by atomic mass is 10.2. The quantitative estimate of drug-likeness (QED) is 0.785. The van der Waals surface area contributed by atoms with Gasteiger partial charge in [0.1, 0.15) is 18.2 Å². The smallest absolute Gasteiger partial charge is 0.138 e. The average Bonchev–Trinajstić information content (AvgIpc) is 2.43. The molecule has 0 heterocycles. The van der Waals surface area contributed by atoms with Gasteiger partial charge in [0.2, 0.25) is 0 Å². The predicted molar refractivity (Wildman–Crippen MR) is 85.3 cm³/mol. The lowest BCUT2D eigenvalue weighted by Crippen LogP contribution is -2.08. The van der Waals surface area contributed by atoms with Gasteiger partial charge in [-0.1, -0.05) is 24.3 Å². The van der Waals surface area contributed by atoms with Gasteiger partial charge in [0.25, 0.3) is 0 Å². The molecule has 2 aromatic rings. The Kier molecular flexibility index (Phi) is 5.57. The summed E-state index contributed by atoms with van der Waals surface area (Å²) in [6, 6.07) is 10.8. The number of nitrogens with one attached hydrogen (secondary N) is 1. The lowest BCUT2D eigenvalue weighted by molar-refractivity contribution is 0.299. The van der Waals surface area contributed by atoms with Gasteiger partial charge >= 0.3 is 0 Å². The third kappa shape index (κ3) is 3.59. The summed E-state index contributed by atoms with van der Waals surface area (Å²) in [6.45, 7) is 1.01. The number of rotatable bonds is 5. The summed E-state index contributed by atoms with van der Waals surface area (Å²) < 4.78 is 20.7. The van der Waals surface area contributed by atoms with Crippen LogP contribution in [0, 0.1) is 5.82 Å². The van der Waals surface area contributed by atoms with E-state index in [-0.39, 0.29) is 5.82 Å². The highest BCUT2D eigenvalue weighted by Gasteiger charge is 2.10. The second-order valence-corrected chi connectivity index (χ2v) is 5.91. The molecule has 0 saturated heterocycles. The van der Waals surface area contributed by atoms with E-state index in [9.17, 15) is 4.39 Å². The molecule has 0 aliphatic heterocycles. The Hall–Kier alpha value is -0.910. The van der Waals surface area contributed by atoms with E-state index in [1.165, 1.54) is 6.07 Å². The fraction of sp³-hybridized carbons (Fsp3) is 0.200. The Labute approximate surface area is 134 Å². The highest BCUT2D eigenvalue weighted by atomic mass is 79.9. The first-order chi connectivity index (χ1) is 9.63. The fourth-order valence-corrected chi connectivity index (χ4v) is 2.76. The maximum atomic E-state index is 13.5. The third-order valence-corrected chi connectivity index (χ3v) is 4.33. The summed E-state index contributed by atoms with van der Waals surface area (Å²) in [5.74, 6) is 0.492. The monoisotopic (exact) mass is 401 g/mol. The maximum Gasteiger partial charge on any atom is 0.138 e. The van der Waals surface area contributed by atoms with Crippen LogP contribution in [0.25, 0.3) is 0 Å². The van der Waals surface area contributed by atoms with Gasteiger partial charge < -0.3 is 10.1 Å². The van der Waals surface area contributed by atoms with Crippen LogP contribution in [0.4, 0.5) is 4.39 Å². The summed E-state index contributed by atoms with van der Waals surface area (Å²) in [5, 5.41) is 3.10. The molecule has 0 aliphatic carbocycles. The van der Waals surface area contributed by atoms with Crippen molar-refractivity contribution in [3.05, 3.63) is 62.3 Å². The molecule has 1 N–H and O–H groups in total. The number of hydrogen-bond donors (Lipinski definition) is 1. The van der Waals surface area contributed by atoms with E-state index < -0.39 is 0 Å². The largest absolute Gasteiger partial charge is 0.487 e. The maximum absolute atomic E-state index is 13.5. The van der Waals surface area contributed by atoms with Gasteiger partial charge in [-0.15, -0.1) is 0 Å². The van der Waals surface area contributed by atoms with Crippen molar-refractivity contribution in [1.29, 1.82) is 0 Å². The van der Waals surface area contributed by atoms with Crippen LogP contribution in [0.2, 0.25) is 0 Å². The first-order valence-corrected chi connectivity index (χ1v) is 7.69. The Morgan fingerprint density at radius 3 is 2.55 bits per heavy atom. The fourth-order valence-electron chi connectivity index (χ4n) is 1.85. The van der Waals surface area contributed by atoms with E-state index in [2.05, 4.69) is 37.2 Å². The zero-order valence-electron chi connectivity index (χ0n) is 10.9. The number of ether oxygens (including phenoxy) is 1. The van der Waals surface area contributed by atoms with E-state index in [1.807, 2.05) is 31.3 Å². The van der Waals surface area contributed by atoms with Crippen LogP contribution in [0.1, 0.15) is 11.1 Å². The molecule has 2 aromatic carbocycles. The molecule has 0 fully saturated rings. The molecule has 0 spiro atoms. The molecule has 2 nitrogen and oxygen atoms in total. The van der Waals surface area contributed by atoms with Crippen molar-refractivity contribution in [2.75, 3.05) is 7.05 Å². The normalized spacial score (nSPS) is 10.6. The van der Waals surface area contributed by atoms with Crippen molar-refractivity contribution in [3.63, 3.8) is 0 Å². The van der Waals surface area contributed by atoms with E-state index in [1.54, 1.807) is 6.07 Å². The standard InChI is InChI=1S/C15H14Br2FNO/c1-19-8-10-4-2-6-12(16)15(10)20-9-11-5-3-7-13(18)14(11)17/h2-7,19H,8-9H2,1H3. The second kappa shape index (κ2) is 7.20. The summed E-state index contributed by atoms with van der Waals surface area (Å²) in [6.07, 6.45) is 0. The predicted octanol–water partition coefficient (Wildman–Crippen LogP) is 4.65. The summed E-state index contributed by atoms with van der Waals surface area (Å²) in [7, 11) is 1.88. The Morgan fingerprint density at radius 1 is 1.10 bits per heavy atom. The molecule has 106 valence electrons. The first kappa shape index (κ1) is 15.5. The zero-order chi connectivity index (χ0) is 14.5. The molecule has 0 unspecified atom stereocenters. The number of para-hydroxylation sites is 1. The minimum Gasteiger partial charge on any atom is -0.487 e. The molecule has 0 atom stereocenters. The van der Waals surface area contributed by atoms with E-state index in [4.69, 9.17) is 4.74 Å². The molecule has 0 saturated carbocycles. The molecule has 0 amide bonds. The molecule has 20 heavy (non-hydrogen) atoms. The molecular weight excluding hydrogens is 389 g/mol. The second-order valence-electron chi connectivity index (χ2n) is 4.26. The third-order valence-electron chi connectivity index (χ3n) is 2.82. The van der Waals surface area contributed by atoms with Crippen molar-refractivity contribution < 1.29 is 9.13 Å². The lowest BCUT2D eigenvalue weighted by Gasteiger charge is -2.14. The number of hydrogen-bond acceptors (Lipinski definition) is 2. The Balaban J connectivity index is 2.20. The first-order valence-electron chi connectivity index (χ1n) is 6.11. The molecule has 0 aromatic heterocycles. The van der Waals surface area contributed by atoms with Gasteiger partial charge in [0.15, 0.2) is 0 Å². The molecule has 2 rings (SSSR count). The van der Waals surface area contributed by atoms with E-state index in [0.29, 0.717) is 17.6 Å². The minimum absolute atomic E-state index is 0.284. The Morgan fingerprint density at radius 2 is 1.80 bits per heavy atom. The van der Waals surface area contributed by atoms with Crippen molar-refractivity contribution in [3.8, 4) is 5.75 Å². The zero-order valence-corrected chi connectivity index (χ0v) is 14.1. The van der Waals surface area contributed by atoms with Crippen LogP contribution < -0.4 is 10.1 Å². The van der Waals surface area contributed by atoms with Gasteiger partial charge in [0.05, 0.1) is 8.95 Å². The van der Waals surface area contributed by atoms with Gasteiger partial charge in [-0.3, -0.25) is 0 Å². The van der Waals surface area contributed by atoms with Gasteiger partial charge in [-0.25, -0.2) is 4.39 Å². The SMILES string of the molecule is CNCc1cccc(Br)c1OCc1cccc(F)c1Br. The van der Waals surface area contributed by atoms with Crippen molar-refractivity contribution in [2.24, 2.45) is 0 Å². The minimum atomic E-state index is -0.284. The summed E-state index contributed by atoms with van der Waals surface area (Å²) >= 11 is 6.73. The highest BCUT2D eigenvalue weighted by Crippen LogP contribution is 2.31. The molecule has 0 radical (unpaired) electrons. The molecular formula is C15H14Br2FNO. The van der Waals surface area contributed by atoms with Gasteiger partial charge in [0, 0.05) is 17.7 Å². The van der Waals surface area contributed by atoms with Gasteiger partial charge in [-0.2, -0.15) is 0 Å². The molecule has 0 aliphatic rings. The number of halogens is 3. The van der Waals surface area contributed by atoms with Crippen molar-refractivity contribution in [1.82, 2.24) is 5.32 Å². The van der Waals surface area contributed by atoms with E-state index in [0.717, 1.165) is 21.3 Å². The highest BCUT2D eigenvalue weighted by molar-refractivity contribution is 9.10. The van der Waals surface area contributed by atoms with Crippen LogP contribution in [0.15, 0.2) is 45.3 Å². The van der Waals surface area contributed by atoms with Crippen LogP contribution >= 0.6 is 31.9 Å². The van der Waals surface area contributed by atoms with Crippen molar-refractivity contribution >= 4 is 31.9 Å². The van der Waals surface area contributed by atoms with Gasteiger partial charge in [-0.05, 0) is 51.0 Å². The molecule has 5 heteroatoms. The number of benzene rings is 2. The van der Waals surface area contributed by atoms with Crippen LogP contribution in [0.3, 0.4) is 0 Å². The average molecular weight is 403 g/mol.